The van der Waals surface area contributed by atoms with E-state index in [9.17, 15) is 9.59 Å². The topological polar surface area (TPSA) is 62.4 Å². The molecular weight excluding hydrogens is 352 g/mol. The van der Waals surface area contributed by atoms with Gasteiger partial charge >= 0.3 is 0 Å². The SMILES string of the molecule is COCCN(Cc1cc2cc(C)cc(C)c2[nH]c1=O)C(=O)c1ccccc1C. The molecule has 0 radical (unpaired) electrons. The first-order valence-electron chi connectivity index (χ1n) is 9.37. The molecule has 3 aromatic rings. The van der Waals surface area contributed by atoms with Gasteiger partial charge in [-0.3, -0.25) is 9.59 Å². The van der Waals surface area contributed by atoms with E-state index in [1.165, 1.54) is 0 Å². The zero-order chi connectivity index (χ0) is 20.3. The third kappa shape index (κ3) is 4.15. The highest BCUT2D eigenvalue weighted by Gasteiger charge is 2.19. The zero-order valence-electron chi connectivity index (χ0n) is 16.8. The fraction of sp³-hybridized carbons (Fsp3) is 0.304. The standard InChI is InChI=1S/C23H26N2O3/c1-15-11-17(3)21-18(12-15)13-19(22(26)24-21)14-25(9-10-28-4)23(27)20-8-6-5-7-16(20)2/h5-8,11-13H,9-10,14H2,1-4H3,(H,24,26). The Balaban J connectivity index is 1.99. The molecule has 5 heteroatoms. The number of benzene rings is 2. The Morgan fingerprint density at radius 1 is 1.07 bits per heavy atom. The number of nitrogens with zero attached hydrogens (tertiary/aromatic N) is 1. The van der Waals surface area contributed by atoms with Gasteiger partial charge in [0.2, 0.25) is 0 Å². The number of rotatable bonds is 6. The average Bonchev–Trinajstić information content (AvgIpc) is 2.66. The lowest BCUT2D eigenvalue weighted by molar-refractivity contribution is 0.0679. The van der Waals surface area contributed by atoms with Crippen LogP contribution in [-0.4, -0.2) is 36.1 Å². The van der Waals surface area contributed by atoms with Crippen molar-refractivity contribution in [1.29, 1.82) is 0 Å². The summed E-state index contributed by atoms with van der Waals surface area (Å²) in [6.07, 6.45) is 0. The number of carbonyl (C=O) groups excluding carboxylic acids is 1. The number of aromatic amines is 1. The van der Waals surface area contributed by atoms with E-state index < -0.39 is 0 Å². The van der Waals surface area contributed by atoms with Gasteiger partial charge < -0.3 is 14.6 Å². The molecular formula is C23H26N2O3. The van der Waals surface area contributed by atoms with Gasteiger partial charge in [0, 0.05) is 24.8 Å². The van der Waals surface area contributed by atoms with Crippen molar-refractivity contribution in [1.82, 2.24) is 9.88 Å². The number of pyridine rings is 1. The van der Waals surface area contributed by atoms with Crippen molar-refractivity contribution in [2.75, 3.05) is 20.3 Å². The molecule has 0 spiro atoms. The summed E-state index contributed by atoms with van der Waals surface area (Å²) >= 11 is 0. The lowest BCUT2D eigenvalue weighted by Gasteiger charge is -2.23. The van der Waals surface area contributed by atoms with E-state index in [-0.39, 0.29) is 18.0 Å². The summed E-state index contributed by atoms with van der Waals surface area (Å²) in [4.78, 5) is 30.5. The summed E-state index contributed by atoms with van der Waals surface area (Å²) in [6, 6.07) is 13.5. The van der Waals surface area contributed by atoms with Gasteiger partial charge in [0.15, 0.2) is 0 Å². The number of ether oxygens (including phenoxy) is 1. The van der Waals surface area contributed by atoms with Gasteiger partial charge in [0.1, 0.15) is 0 Å². The number of carbonyl (C=O) groups is 1. The molecule has 0 fully saturated rings. The molecule has 0 aliphatic heterocycles. The summed E-state index contributed by atoms with van der Waals surface area (Å²) in [7, 11) is 1.60. The fourth-order valence-electron chi connectivity index (χ4n) is 3.49. The molecule has 1 amide bonds. The third-order valence-corrected chi connectivity index (χ3v) is 4.96. The molecule has 0 atom stereocenters. The van der Waals surface area contributed by atoms with E-state index in [1.807, 2.05) is 63.2 Å². The number of H-pyrrole nitrogens is 1. The lowest BCUT2D eigenvalue weighted by Crippen LogP contribution is -2.35. The number of amides is 1. The Morgan fingerprint density at radius 3 is 2.54 bits per heavy atom. The van der Waals surface area contributed by atoms with Crippen molar-refractivity contribution in [3.05, 3.63) is 80.6 Å². The van der Waals surface area contributed by atoms with E-state index in [0.29, 0.717) is 24.3 Å². The summed E-state index contributed by atoms with van der Waals surface area (Å²) in [5, 5.41) is 0.974. The van der Waals surface area contributed by atoms with Crippen molar-refractivity contribution in [2.45, 2.75) is 27.3 Å². The molecule has 1 N–H and O–H groups in total. The minimum atomic E-state index is -0.167. The second-order valence-electron chi connectivity index (χ2n) is 7.20. The van der Waals surface area contributed by atoms with Crippen LogP contribution in [0.2, 0.25) is 0 Å². The second-order valence-corrected chi connectivity index (χ2v) is 7.20. The van der Waals surface area contributed by atoms with Crippen LogP contribution in [0.1, 0.15) is 32.6 Å². The third-order valence-electron chi connectivity index (χ3n) is 4.96. The molecule has 146 valence electrons. The molecule has 5 nitrogen and oxygen atoms in total. The highest BCUT2D eigenvalue weighted by atomic mass is 16.5. The van der Waals surface area contributed by atoms with Crippen molar-refractivity contribution in [3.63, 3.8) is 0 Å². The normalized spacial score (nSPS) is 11.0. The number of methoxy groups -OCH3 is 1. The fourth-order valence-corrected chi connectivity index (χ4v) is 3.49. The van der Waals surface area contributed by atoms with Gasteiger partial charge in [0.05, 0.1) is 18.7 Å². The summed E-state index contributed by atoms with van der Waals surface area (Å²) < 4.78 is 5.18. The Bertz CT molecular complexity index is 1070. The molecule has 0 saturated carbocycles. The lowest BCUT2D eigenvalue weighted by atomic mass is 10.0. The molecule has 3 rings (SSSR count). The van der Waals surface area contributed by atoms with Crippen molar-refractivity contribution in [2.24, 2.45) is 0 Å². The van der Waals surface area contributed by atoms with Gasteiger partial charge in [-0.1, -0.05) is 29.8 Å². The number of aromatic nitrogens is 1. The number of fused-ring (bicyclic) bond motifs is 1. The first kappa shape index (κ1) is 19.8. The molecule has 0 aliphatic rings. The molecule has 0 aliphatic carbocycles. The molecule has 0 unspecified atom stereocenters. The minimum absolute atomic E-state index is 0.102. The molecule has 28 heavy (non-hydrogen) atoms. The van der Waals surface area contributed by atoms with Gasteiger partial charge in [-0.05, 0) is 55.5 Å². The van der Waals surface area contributed by atoms with Crippen LogP contribution in [0.5, 0.6) is 0 Å². The van der Waals surface area contributed by atoms with E-state index in [1.54, 1.807) is 12.0 Å². The average molecular weight is 378 g/mol. The van der Waals surface area contributed by atoms with E-state index in [0.717, 1.165) is 27.6 Å². The van der Waals surface area contributed by atoms with Crippen molar-refractivity contribution in [3.8, 4) is 0 Å². The van der Waals surface area contributed by atoms with Crippen molar-refractivity contribution < 1.29 is 9.53 Å². The largest absolute Gasteiger partial charge is 0.383 e. The quantitative estimate of drug-likeness (QED) is 0.711. The van der Waals surface area contributed by atoms with Gasteiger partial charge in [-0.15, -0.1) is 0 Å². The highest BCUT2D eigenvalue weighted by molar-refractivity contribution is 5.95. The molecule has 2 aromatic carbocycles. The van der Waals surface area contributed by atoms with E-state index in [4.69, 9.17) is 4.74 Å². The maximum Gasteiger partial charge on any atom is 0.254 e. The van der Waals surface area contributed by atoms with Crippen LogP contribution in [0.25, 0.3) is 10.9 Å². The maximum absolute atomic E-state index is 13.1. The second kappa shape index (κ2) is 8.40. The Kier molecular flexibility index (Phi) is 5.95. The molecule has 1 heterocycles. The van der Waals surface area contributed by atoms with Crippen molar-refractivity contribution >= 4 is 16.8 Å². The Hall–Kier alpha value is -2.92. The molecule has 0 bridgehead atoms. The van der Waals surface area contributed by atoms with Crippen LogP contribution in [0.3, 0.4) is 0 Å². The first-order chi connectivity index (χ1) is 13.4. The zero-order valence-corrected chi connectivity index (χ0v) is 16.8. The van der Waals surface area contributed by atoms with Gasteiger partial charge in [-0.2, -0.15) is 0 Å². The Morgan fingerprint density at radius 2 is 1.82 bits per heavy atom. The highest BCUT2D eigenvalue weighted by Crippen LogP contribution is 2.19. The summed E-state index contributed by atoms with van der Waals surface area (Å²) in [6.45, 7) is 6.97. The van der Waals surface area contributed by atoms with Gasteiger partial charge in [-0.25, -0.2) is 0 Å². The number of aryl methyl sites for hydroxylation is 3. The number of hydrogen-bond donors (Lipinski definition) is 1. The molecule has 0 saturated heterocycles. The monoisotopic (exact) mass is 378 g/mol. The van der Waals surface area contributed by atoms with Crippen LogP contribution < -0.4 is 5.56 Å². The van der Waals surface area contributed by atoms with E-state index in [2.05, 4.69) is 4.98 Å². The van der Waals surface area contributed by atoms with Gasteiger partial charge in [0.25, 0.3) is 11.5 Å². The Labute approximate surface area is 165 Å². The number of nitrogens with one attached hydrogen (secondary N) is 1. The first-order valence-corrected chi connectivity index (χ1v) is 9.37. The summed E-state index contributed by atoms with van der Waals surface area (Å²) in [5.41, 5.74) is 4.96. The number of hydrogen-bond acceptors (Lipinski definition) is 3. The van der Waals surface area contributed by atoms with Crippen LogP contribution in [0.15, 0.2) is 47.3 Å². The van der Waals surface area contributed by atoms with Crippen LogP contribution in [0, 0.1) is 20.8 Å². The minimum Gasteiger partial charge on any atom is -0.383 e. The van der Waals surface area contributed by atoms with Crippen LogP contribution >= 0.6 is 0 Å². The predicted molar refractivity (Wildman–Crippen MR) is 112 cm³/mol. The van der Waals surface area contributed by atoms with Crippen LogP contribution in [0.4, 0.5) is 0 Å². The smallest absolute Gasteiger partial charge is 0.254 e. The summed E-state index contributed by atoms with van der Waals surface area (Å²) in [5.74, 6) is -0.102. The predicted octanol–water partition coefficient (Wildman–Crippen LogP) is 3.74. The maximum atomic E-state index is 13.1. The van der Waals surface area contributed by atoms with Crippen LogP contribution in [-0.2, 0) is 11.3 Å². The van der Waals surface area contributed by atoms with E-state index >= 15 is 0 Å². The molecule has 1 aromatic heterocycles.